The lowest BCUT2D eigenvalue weighted by molar-refractivity contribution is 0.431. The van der Waals surface area contributed by atoms with Gasteiger partial charge in [-0.25, -0.2) is 0 Å². The van der Waals surface area contributed by atoms with Crippen molar-refractivity contribution < 1.29 is 0 Å². The van der Waals surface area contributed by atoms with Gasteiger partial charge in [0.1, 0.15) is 0 Å². The summed E-state index contributed by atoms with van der Waals surface area (Å²) in [5, 5.41) is 0. The van der Waals surface area contributed by atoms with Gasteiger partial charge < -0.3 is 0 Å². The fraction of sp³-hybridized carbons (Fsp3) is 0.938. The van der Waals surface area contributed by atoms with Crippen LogP contribution in [0.5, 0.6) is 0 Å². The van der Waals surface area contributed by atoms with Crippen LogP contribution in [-0.4, -0.2) is 0 Å². The maximum atomic E-state index is 4.03. The molecule has 0 N–H and O–H groups in total. The van der Waals surface area contributed by atoms with E-state index >= 15 is 0 Å². The van der Waals surface area contributed by atoms with E-state index in [0.717, 1.165) is 5.92 Å². The van der Waals surface area contributed by atoms with Gasteiger partial charge >= 0.3 is 0 Å². The number of rotatable bonds is 11. The summed E-state index contributed by atoms with van der Waals surface area (Å²) in [6.45, 7) is 11.0. The van der Waals surface area contributed by atoms with Crippen molar-refractivity contribution in [3.05, 3.63) is 6.92 Å². The smallest absolute Gasteiger partial charge is 0.0443 e. The standard InChI is InChI=1S/C16H33/c1-5-6-7-10-13-16(4)14-11-8-9-12-15(2)3/h15-16H,2,5-14H2,1,3-4H3. The van der Waals surface area contributed by atoms with Crippen molar-refractivity contribution in [2.75, 3.05) is 0 Å². The second-order valence-electron chi connectivity index (χ2n) is 5.70. The SMILES string of the molecule is [CH2]C(C)CCCCCC(C)CCCCCC. The average molecular weight is 225 g/mol. The summed E-state index contributed by atoms with van der Waals surface area (Å²) in [5.41, 5.74) is 0. The lowest BCUT2D eigenvalue weighted by Gasteiger charge is -2.11. The molecule has 2 unspecified atom stereocenters. The second kappa shape index (κ2) is 11.5. The van der Waals surface area contributed by atoms with E-state index in [1.807, 2.05) is 0 Å². The van der Waals surface area contributed by atoms with Gasteiger partial charge in [-0.2, -0.15) is 0 Å². The Bertz CT molecular complexity index is 126. The van der Waals surface area contributed by atoms with Crippen molar-refractivity contribution in [1.29, 1.82) is 0 Å². The molecule has 97 valence electrons. The van der Waals surface area contributed by atoms with Crippen molar-refractivity contribution in [2.45, 2.75) is 85.0 Å². The van der Waals surface area contributed by atoms with Crippen LogP contribution >= 0.6 is 0 Å². The predicted octanol–water partition coefficient (Wildman–Crippen LogP) is 6.01. The zero-order valence-electron chi connectivity index (χ0n) is 11.9. The zero-order chi connectivity index (χ0) is 12.2. The molecule has 2 atom stereocenters. The van der Waals surface area contributed by atoms with E-state index in [2.05, 4.69) is 27.7 Å². The van der Waals surface area contributed by atoms with Crippen LogP contribution in [0.2, 0.25) is 0 Å². The highest BCUT2D eigenvalue weighted by atomic mass is 14.1. The molecule has 0 rings (SSSR count). The van der Waals surface area contributed by atoms with E-state index in [9.17, 15) is 0 Å². The first-order chi connectivity index (χ1) is 7.66. The summed E-state index contributed by atoms with van der Waals surface area (Å²) in [4.78, 5) is 0. The first-order valence-corrected chi connectivity index (χ1v) is 7.49. The van der Waals surface area contributed by atoms with Crippen LogP contribution in [0.1, 0.15) is 85.0 Å². The predicted molar refractivity (Wildman–Crippen MR) is 75.5 cm³/mol. The van der Waals surface area contributed by atoms with Crippen molar-refractivity contribution in [3.63, 3.8) is 0 Å². The molecule has 0 saturated carbocycles. The first kappa shape index (κ1) is 16.0. The third-order valence-electron chi connectivity index (χ3n) is 3.44. The summed E-state index contributed by atoms with van der Waals surface area (Å²) in [5.74, 6) is 1.60. The maximum absolute atomic E-state index is 4.03. The highest BCUT2D eigenvalue weighted by molar-refractivity contribution is 4.57. The minimum atomic E-state index is 0.645. The van der Waals surface area contributed by atoms with Crippen LogP contribution in [-0.2, 0) is 0 Å². The Morgan fingerprint density at radius 1 is 0.750 bits per heavy atom. The molecule has 0 saturated heterocycles. The molecular weight excluding hydrogens is 192 g/mol. The third-order valence-corrected chi connectivity index (χ3v) is 3.44. The third kappa shape index (κ3) is 12.1. The molecule has 0 nitrogen and oxygen atoms in total. The van der Waals surface area contributed by atoms with Crippen LogP contribution in [0.3, 0.4) is 0 Å². The second-order valence-corrected chi connectivity index (χ2v) is 5.70. The Morgan fingerprint density at radius 3 is 1.75 bits per heavy atom. The summed E-state index contributed by atoms with van der Waals surface area (Å²) in [6, 6.07) is 0. The summed E-state index contributed by atoms with van der Waals surface area (Å²) in [7, 11) is 0. The van der Waals surface area contributed by atoms with Gasteiger partial charge in [0.2, 0.25) is 0 Å². The topological polar surface area (TPSA) is 0 Å². The molecule has 0 bridgehead atoms. The van der Waals surface area contributed by atoms with Crippen molar-refractivity contribution in [2.24, 2.45) is 11.8 Å². The Balaban J connectivity index is 3.14. The van der Waals surface area contributed by atoms with Gasteiger partial charge in [0, 0.05) is 0 Å². The molecule has 0 aromatic rings. The molecule has 16 heavy (non-hydrogen) atoms. The van der Waals surface area contributed by atoms with Gasteiger partial charge in [-0.05, 0) is 11.8 Å². The number of unbranched alkanes of at least 4 members (excludes halogenated alkanes) is 5. The number of hydrogen-bond donors (Lipinski definition) is 0. The number of hydrogen-bond acceptors (Lipinski definition) is 0. The van der Waals surface area contributed by atoms with Gasteiger partial charge in [0.25, 0.3) is 0 Å². The quantitative estimate of drug-likeness (QED) is 0.377. The Hall–Kier alpha value is 0. The van der Waals surface area contributed by atoms with Crippen molar-refractivity contribution in [3.8, 4) is 0 Å². The van der Waals surface area contributed by atoms with Crippen LogP contribution < -0.4 is 0 Å². The van der Waals surface area contributed by atoms with Crippen LogP contribution in [0.4, 0.5) is 0 Å². The largest absolute Gasteiger partial charge is 0.0654 e. The molecule has 0 heteroatoms. The average Bonchev–Trinajstić information content (AvgIpc) is 2.23. The summed E-state index contributed by atoms with van der Waals surface area (Å²) >= 11 is 0. The molecule has 0 aliphatic heterocycles. The normalized spacial score (nSPS) is 13.3. The molecule has 0 amide bonds. The molecule has 1 radical (unpaired) electrons. The van der Waals surface area contributed by atoms with E-state index in [4.69, 9.17) is 0 Å². The van der Waals surface area contributed by atoms with E-state index in [-0.39, 0.29) is 0 Å². The van der Waals surface area contributed by atoms with E-state index < -0.39 is 0 Å². The Morgan fingerprint density at radius 2 is 1.25 bits per heavy atom. The Labute approximate surface area is 104 Å². The van der Waals surface area contributed by atoms with Crippen LogP contribution in [0.15, 0.2) is 0 Å². The van der Waals surface area contributed by atoms with Gasteiger partial charge in [-0.1, -0.05) is 91.9 Å². The summed E-state index contributed by atoms with van der Waals surface area (Å²) in [6.07, 6.45) is 14.1. The minimum Gasteiger partial charge on any atom is -0.0654 e. The van der Waals surface area contributed by atoms with Gasteiger partial charge in [0.15, 0.2) is 0 Å². The molecule has 0 heterocycles. The monoisotopic (exact) mass is 225 g/mol. The van der Waals surface area contributed by atoms with Crippen molar-refractivity contribution in [1.82, 2.24) is 0 Å². The van der Waals surface area contributed by atoms with E-state index in [0.29, 0.717) is 5.92 Å². The first-order valence-electron chi connectivity index (χ1n) is 7.49. The van der Waals surface area contributed by atoms with E-state index in [1.165, 1.54) is 64.2 Å². The lowest BCUT2D eigenvalue weighted by Crippen LogP contribution is -1.95. The highest BCUT2D eigenvalue weighted by Crippen LogP contribution is 2.18. The maximum Gasteiger partial charge on any atom is -0.0443 e. The van der Waals surface area contributed by atoms with Gasteiger partial charge in [-0.15, -0.1) is 0 Å². The fourth-order valence-corrected chi connectivity index (χ4v) is 2.23. The molecular formula is C16H33. The molecule has 0 aliphatic rings. The van der Waals surface area contributed by atoms with E-state index in [1.54, 1.807) is 0 Å². The molecule has 0 aliphatic carbocycles. The molecule has 0 aromatic heterocycles. The fourth-order valence-electron chi connectivity index (χ4n) is 2.23. The lowest BCUT2D eigenvalue weighted by atomic mass is 9.95. The highest BCUT2D eigenvalue weighted by Gasteiger charge is 2.02. The minimum absolute atomic E-state index is 0.645. The molecule has 0 spiro atoms. The Kier molecular flexibility index (Phi) is 11.5. The van der Waals surface area contributed by atoms with Gasteiger partial charge in [-0.3, -0.25) is 0 Å². The van der Waals surface area contributed by atoms with Crippen LogP contribution in [0.25, 0.3) is 0 Å². The summed E-state index contributed by atoms with van der Waals surface area (Å²) < 4.78 is 0. The van der Waals surface area contributed by atoms with Gasteiger partial charge in [0.05, 0.1) is 0 Å². The van der Waals surface area contributed by atoms with Crippen molar-refractivity contribution >= 4 is 0 Å². The molecule has 0 aromatic carbocycles. The van der Waals surface area contributed by atoms with Crippen LogP contribution in [0, 0.1) is 18.8 Å². The molecule has 0 fully saturated rings. The zero-order valence-corrected chi connectivity index (χ0v) is 11.9.